The molecule has 2 unspecified atom stereocenters. The first-order valence-corrected chi connectivity index (χ1v) is 9.83. The minimum absolute atomic E-state index is 0. The quantitative estimate of drug-likeness (QED) is 0.279. The summed E-state index contributed by atoms with van der Waals surface area (Å²) in [6, 6.07) is 8.52. The van der Waals surface area contributed by atoms with Gasteiger partial charge in [-0.25, -0.2) is 0 Å². The summed E-state index contributed by atoms with van der Waals surface area (Å²) in [7, 11) is 1.80. The molecule has 6 nitrogen and oxygen atoms in total. The van der Waals surface area contributed by atoms with Gasteiger partial charge in [0.1, 0.15) is 12.7 Å². The molecule has 0 spiro atoms. The van der Waals surface area contributed by atoms with Crippen molar-refractivity contribution in [2.24, 2.45) is 4.99 Å². The predicted molar refractivity (Wildman–Crippen MR) is 121 cm³/mol. The number of likely N-dealkylation sites (tertiary alicyclic amines) is 1. The number of nitrogens with zero attached hydrogens (tertiary/aromatic N) is 2. The Hall–Kier alpha value is -1.22. The highest BCUT2D eigenvalue weighted by Crippen LogP contribution is 2.30. The Morgan fingerprint density at radius 1 is 1.22 bits per heavy atom. The van der Waals surface area contributed by atoms with E-state index in [2.05, 4.69) is 27.4 Å². The summed E-state index contributed by atoms with van der Waals surface area (Å²) in [6.07, 6.45) is 5.17. The monoisotopic (exact) mass is 488 g/mol. The van der Waals surface area contributed by atoms with Gasteiger partial charge in [-0.3, -0.25) is 4.99 Å². The maximum Gasteiger partial charge on any atom is 0.191 e. The minimum Gasteiger partial charge on any atom is -0.486 e. The fourth-order valence-electron chi connectivity index (χ4n) is 3.57. The average molecular weight is 488 g/mol. The summed E-state index contributed by atoms with van der Waals surface area (Å²) in [6.45, 7) is 6.88. The highest BCUT2D eigenvalue weighted by atomic mass is 127. The second-order valence-corrected chi connectivity index (χ2v) is 7.11. The van der Waals surface area contributed by atoms with E-state index in [4.69, 9.17) is 9.47 Å². The molecule has 0 aliphatic carbocycles. The van der Waals surface area contributed by atoms with E-state index in [1.807, 2.05) is 24.3 Å². The third-order valence-electron chi connectivity index (χ3n) is 5.14. The number of ether oxygens (including phenoxy) is 2. The summed E-state index contributed by atoms with van der Waals surface area (Å²) >= 11 is 0. The second-order valence-electron chi connectivity index (χ2n) is 7.11. The Balaban J connectivity index is 0.00000261. The molecule has 1 saturated heterocycles. The van der Waals surface area contributed by atoms with Crippen molar-refractivity contribution in [3.8, 4) is 11.5 Å². The van der Waals surface area contributed by atoms with E-state index in [9.17, 15) is 0 Å². The Morgan fingerprint density at radius 3 is 2.81 bits per heavy atom. The van der Waals surface area contributed by atoms with Crippen molar-refractivity contribution in [3.05, 3.63) is 24.3 Å². The molecule has 1 fully saturated rings. The number of nitrogens with one attached hydrogen (secondary N) is 2. The van der Waals surface area contributed by atoms with Gasteiger partial charge in [0.05, 0.1) is 6.54 Å². The van der Waals surface area contributed by atoms with Gasteiger partial charge in [0.25, 0.3) is 0 Å². The summed E-state index contributed by atoms with van der Waals surface area (Å²) < 4.78 is 11.7. The van der Waals surface area contributed by atoms with Gasteiger partial charge in [-0.15, -0.1) is 24.0 Å². The Morgan fingerprint density at radius 2 is 2.04 bits per heavy atom. The number of rotatable bonds is 6. The normalized spacial score (nSPS) is 22.7. The van der Waals surface area contributed by atoms with Crippen LogP contribution >= 0.6 is 24.0 Å². The number of guanidine groups is 1. The van der Waals surface area contributed by atoms with Crippen LogP contribution in [-0.4, -0.2) is 62.8 Å². The summed E-state index contributed by atoms with van der Waals surface area (Å²) in [4.78, 5) is 6.90. The lowest BCUT2D eigenvalue weighted by atomic mass is 10.0. The molecule has 2 heterocycles. The molecular weight excluding hydrogens is 455 g/mol. The van der Waals surface area contributed by atoms with Crippen LogP contribution in [0.4, 0.5) is 0 Å². The highest BCUT2D eigenvalue weighted by molar-refractivity contribution is 14.0. The predicted octanol–water partition coefficient (Wildman–Crippen LogP) is 2.87. The first-order chi connectivity index (χ1) is 12.8. The maximum atomic E-state index is 5.97. The molecule has 27 heavy (non-hydrogen) atoms. The number of hydrogen-bond donors (Lipinski definition) is 2. The zero-order valence-corrected chi connectivity index (χ0v) is 18.8. The first kappa shape index (κ1) is 22.1. The molecule has 3 rings (SSSR count). The molecule has 1 aromatic rings. The van der Waals surface area contributed by atoms with Crippen LogP contribution in [0.1, 0.15) is 32.6 Å². The number of hydrogen-bond acceptors (Lipinski definition) is 4. The number of aliphatic imine (C=N–C) groups is 1. The molecule has 0 aromatic heterocycles. The Bertz CT molecular complexity index is 599. The minimum atomic E-state index is -0.0161. The maximum absolute atomic E-state index is 5.97. The van der Waals surface area contributed by atoms with Crippen molar-refractivity contribution < 1.29 is 9.47 Å². The second kappa shape index (κ2) is 11.6. The van der Waals surface area contributed by atoms with E-state index in [0.29, 0.717) is 13.2 Å². The third kappa shape index (κ3) is 6.71. The van der Waals surface area contributed by atoms with Crippen molar-refractivity contribution >= 4 is 29.9 Å². The third-order valence-corrected chi connectivity index (χ3v) is 5.14. The van der Waals surface area contributed by atoms with Crippen molar-refractivity contribution in [1.82, 2.24) is 15.5 Å². The molecule has 2 aliphatic rings. The smallest absolute Gasteiger partial charge is 0.191 e. The van der Waals surface area contributed by atoms with Gasteiger partial charge in [0, 0.05) is 26.2 Å². The molecule has 7 heteroatoms. The van der Waals surface area contributed by atoms with Gasteiger partial charge in [0.2, 0.25) is 0 Å². The lowest BCUT2D eigenvalue weighted by Gasteiger charge is -2.33. The standard InChI is InChI=1S/C20H32N4O2.HI/c1-16-8-5-6-12-24(16)13-7-11-22-20(21-2)23-14-17-15-25-18-9-3-4-10-19(18)26-17;/h3-4,9-10,16-17H,5-8,11-15H2,1-2H3,(H2,21,22,23);1H. The largest absolute Gasteiger partial charge is 0.486 e. The molecule has 0 saturated carbocycles. The summed E-state index contributed by atoms with van der Waals surface area (Å²) in [5.74, 6) is 2.45. The lowest BCUT2D eigenvalue weighted by molar-refractivity contribution is 0.0936. The van der Waals surface area contributed by atoms with Gasteiger partial charge in [-0.05, 0) is 44.9 Å². The molecule has 0 bridgehead atoms. The van der Waals surface area contributed by atoms with Gasteiger partial charge in [0.15, 0.2) is 17.5 Å². The van der Waals surface area contributed by atoms with Crippen LogP contribution in [0.15, 0.2) is 29.3 Å². The average Bonchev–Trinajstić information content (AvgIpc) is 2.68. The van der Waals surface area contributed by atoms with E-state index in [1.54, 1.807) is 7.05 Å². The van der Waals surface area contributed by atoms with Crippen molar-refractivity contribution in [2.45, 2.75) is 44.8 Å². The van der Waals surface area contributed by atoms with Crippen LogP contribution in [-0.2, 0) is 0 Å². The SMILES string of the molecule is CN=C(NCCCN1CCCCC1C)NCC1COc2ccccc2O1.I. The van der Waals surface area contributed by atoms with Crippen LogP contribution in [0.5, 0.6) is 11.5 Å². The van der Waals surface area contributed by atoms with Crippen LogP contribution < -0.4 is 20.1 Å². The molecule has 1 aromatic carbocycles. The zero-order chi connectivity index (χ0) is 18.2. The van der Waals surface area contributed by atoms with E-state index in [-0.39, 0.29) is 30.1 Å². The molecule has 0 amide bonds. The van der Waals surface area contributed by atoms with Crippen LogP contribution in [0.25, 0.3) is 0 Å². The van der Waals surface area contributed by atoms with Gasteiger partial charge >= 0.3 is 0 Å². The van der Waals surface area contributed by atoms with Gasteiger partial charge < -0.3 is 25.0 Å². The number of fused-ring (bicyclic) bond motifs is 1. The highest BCUT2D eigenvalue weighted by Gasteiger charge is 2.21. The number of piperidine rings is 1. The van der Waals surface area contributed by atoms with Gasteiger partial charge in [-0.2, -0.15) is 0 Å². The van der Waals surface area contributed by atoms with Crippen LogP contribution in [0, 0.1) is 0 Å². The van der Waals surface area contributed by atoms with Crippen LogP contribution in [0.3, 0.4) is 0 Å². The van der Waals surface area contributed by atoms with E-state index in [0.717, 1.165) is 43.0 Å². The fourth-order valence-corrected chi connectivity index (χ4v) is 3.57. The van der Waals surface area contributed by atoms with Crippen molar-refractivity contribution in [3.63, 3.8) is 0 Å². The molecule has 0 radical (unpaired) electrons. The van der Waals surface area contributed by atoms with E-state index >= 15 is 0 Å². The topological polar surface area (TPSA) is 58.1 Å². The molecule has 2 N–H and O–H groups in total. The molecule has 2 aliphatic heterocycles. The molecule has 2 atom stereocenters. The molecular formula is C20H33IN4O2. The lowest BCUT2D eigenvalue weighted by Crippen LogP contribution is -2.46. The number of benzene rings is 1. The number of para-hydroxylation sites is 2. The molecule has 152 valence electrons. The zero-order valence-electron chi connectivity index (χ0n) is 16.4. The van der Waals surface area contributed by atoms with E-state index in [1.165, 1.54) is 25.8 Å². The number of halogens is 1. The van der Waals surface area contributed by atoms with Crippen molar-refractivity contribution in [1.29, 1.82) is 0 Å². The van der Waals surface area contributed by atoms with Gasteiger partial charge in [-0.1, -0.05) is 18.6 Å². The fraction of sp³-hybridized carbons (Fsp3) is 0.650. The first-order valence-electron chi connectivity index (χ1n) is 9.83. The van der Waals surface area contributed by atoms with Crippen LogP contribution in [0.2, 0.25) is 0 Å². The van der Waals surface area contributed by atoms with Crippen molar-refractivity contribution in [2.75, 3.05) is 39.8 Å². The Labute approximate surface area is 180 Å². The summed E-state index contributed by atoms with van der Waals surface area (Å²) in [5, 5.41) is 6.74. The van der Waals surface area contributed by atoms with E-state index < -0.39 is 0 Å². The Kier molecular flexibility index (Phi) is 9.47. The summed E-state index contributed by atoms with van der Waals surface area (Å²) in [5.41, 5.74) is 0.